The van der Waals surface area contributed by atoms with Gasteiger partial charge in [0.15, 0.2) is 5.82 Å². The molecule has 182 valence electrons. The molecule has 5 nitrogen and oxygen atoms in total. The van der Waals surface area contributed by atoms with E-state index in [0.717, 1.165) is 0 Å². The van der Waals surface area contributed by atoms with E-state index in [1.165, 1.54) is 24.3 Å². The van der Waals surface area contributed by atoms with Crippen molar-refractivity contribution < 1.29 is 14.0 Å². The molecule has 0 spiro atoms. The highest BCUT2D eigenvalue weighted by molar-refractivity contribution is 6.53. The maximum Gasteiger partial charge on any atom is 0.257 e. The number of nitrogens with two attached hydrogens (primary N) is 1. The Kier molecular flexibility index (Phi) is 7.15. The van der Waals surface area contributed by atoms with Crippen LogP contribution < -0.4 is 16.4 Å². The lowest BCUT2D eigenvalue weighted by atomic mass is 10.1. The third-order valence-electron chi connectivity index (χ3n) is 5.70. The topological polar surface area (TPSA) is 84.2 Å². The zero-order chi connectivity index (χ0) is 25.7. The van der Waals surface area contributed by atoms with Gasteiger partial charge in [0.1, 0.15) is 4.33 Å². The van der Waals surface area contributed by atoms with Gasteiger partial charge < -0.3 is 16.4 Å². The lowest BCUT2D eigenvalue weighted by molar-refractivity contribution is -0.117. The maximum atomic E-state index is 14.4. The molecule has 2 atom stereocenters. The van der Waals surface area contributed by atoms with E-state index in [4.69, 9.17) is 63.7 Å². The van der Waals surface area contributed by atoms with Crippen molar-refractivity contribution in [2.45, 2.75) is 17.2 Å². The molecule has 2 unspecified atom stereocenters. The number of alkyl halides is 2. The number of amides is 2. The molecule has 1 aliphatic rings. The summed E-state index contributed by atoms with van der Waals surface area (Å²) in [7, 11) is 0. The molecule has 0 aromatic heterocycles. The summed E-state index contributed by atoms with van der Waals surface area (Å²) in [5, 5.41) is 6.02. The molecule has 11 heteroatoms. The van der Waals surface area contributed by atoms with Crippen LogP contribution in [0.1, 0.15) is 27.4 Å². The Bertz CT molecular complexity index is 1340. The Hall–Kier alpha value is -2.22. The molecule has 0 radical (unpaired) electrons. The molecule has 0 bridgehead atoms. The SMILES string of the molecule is Cc1ccc(NC(=O)c2cc(NC(=O)C3C(c4cc(Cl)cc(Cl)c4)C3(Cl)Cl)ccc2Cl)c(F)c1N. The van der Waals surface area contributed by atoms with Crippen LogP contribution in [-0.2, 0) is 4.79 Å². The average Bonchev–Trinajstić information content (AvgIpc) is 3.36. The molecule has 1 fully saturated rings. The van der Waals surface area contributed by atoms with Crippen molar-refractivity contribution in [2.75, 3.05) is 16.4 Å². The van der Waals surface area contributed by atoms with Crippen LogP contribution in [0.25, 0.3) is 0 Å². The van der Waals surface area contributed by atoms with Crippen LogP contribution in [0, 0.1) is 18.7 Å². The first-order valence-electron chi connectivity index (χ1n) is 10.2. The second kappa shape index (κ2) is 9.68. The Morgan fingerprint density at radius 2 is 1.63 bits per heavy atom. The second-order valence-electron chi connectivity index (χ2n) is 8.13. The van der Waals surface area contributed by atoms with Gasteiger partial charge in [-0.25, -0.2) is 4.39 Å². The number of aryl methyl sites for hydroxylation is 1. The van der Waals surface area contributed by atoms with E-state index < -0.39 is 33.8 Å². The first-order chi connectivity index (χ1) is 16.4. The van der Waals surface area contributed by atoms with Crippen molar-refractivity contribution in [3.8, 4) is 0 Å². The number of anilines is 3. The number of benzene rings is 3. The van der Waals surface area contributed by atoms with Crippen molar-refractivity contribution >= 4 is 86.9 Å². The van der Waals surface area contributed by atoms with Crippen molar-refractivity contribution in [3.63, 3.8) is 0 Å². The highest BCUT2D eigenvalue weighted by Gasteiger charge is 2.67. The average molecular weight is 576 g/mol. The van der Waals surface area contributed by atoms with E-state index in [0.29, 0.717) is 21.2 Å². The van der Waals surface area contributed by atoms with E-state index in [9.17, 15) is 14.0 Å². The van der Waals surface area contributed by atoms with E-state index in [1.807, 2.05) is 0 Å². The van der Waals surface area contributed by atoms with Crippen molar-refractivity contribution in [1.82, 2.24) is 0 Å². The smallest absolute Gasteiger partial charge is 0.257 e. The van der Waals surface area contributed by atoms with Crippen LogP contribution in [0.4, 0.5) is 21.5 Å². The molecule has 0 saturated heterocycles. The maximum absolute atomic E-state index is 14.4. The van der Waals surface area contributed by atoms with Crippen LogP contribution in [0.2, 0.25) is 15.1 Å². The molecule has 0 aliphatic heterocycles. The van der Waals surface area contributed by atoms with Gasteiger partial charge in [-0.15, -0.1) is 23.2 Å². The lowest BCUT2D eigenvalue weighted by Crippen LogP contribution is -2.18. The minimum Gasteiger partial charge on any atom is -0.396 e. The minimum atomic E-state index is -1.37. The summed E-state index contributed by atoms with van der Waals surface area (Å²) in [6.45, 7) is 1.65. The highest BCUT2D eigenvalue weighted by atomic mass is 35.5. The number of hydrogen-bond donors (Lipinski definition) is 3. The monoisotopic (exact) mass is 573 g/mol. The summed E-state index contributed by atoms with van der Waals surface area (Å²) in [4.78, 5) is 25.8. The van der Waals surface area contributed by atoms with Crippen molar-refractivity contribution in [2.24, 2.45) is 5.92 Å². The zero-order valence-corrected chi connectivity index (χ0v) is 21.7. The molecule has 1 saturated carbocycles. The number of halogens is 6. The minimum absolute atomic E-state index is 0.0139. The van der Waals surface area contributed by atoms with Crippen LogP contribution in [-0.4, -0.2) is 16.1 Å². The number of hydrogen-bond acceptors (Lipinski definition) is 3. The number of nitrogen functional groups attached to an aromatic ring is 1. The molecule has 1 aliphatic carbocycles. The van der Waals surface area contributed by atoms with Gasteiger partial charge in [-0.3, -0.25) is 9.59 Å². The van der Waals surface area contributed by atoms with E-state index in [2.05, 4.69) is 10.6 Å². The van der Waals surface area contributed by atoms with Crippen molar-refractivity contribution in [3.05, 3.63) is 86.1 Å². The van der Waals surface area contributed by atoms with Gasteiger partial charge in [-0.1, -0.05) is 40.9 Å². The van der Waals surface area contributed by atoms with Crippen LogP contribution in [0.5, 0.6) is 0 Å². The molecule has 3 aromatic rings. The van der Waals surface area contributed by atoms with E-state index in [-0.39, 0.29) is 27.6 Å². The number of rotatable bonds is 5. The fourth-order valence-corrected chi connectivity index (χ4v) is 5.37. The quantitative estimate of drug-likeness (QED) is 0.218. The summed E-state index contributed by atoms with van der Waals surface area (Å²) in [5.41, 5.74) is 6.98. The number of carbonyl (C=O) groups is 2. The first kappa shape index (κ1) is 25.9. The standard InChI is InChI=1S/C24H17Cl5FN3O2/c1-10-2-5-17(20(30)21(10)31)33-22(34)15-9-14(3-4-16(15)27)32-23(35)19-18(24(19,28)29)11-6-12(25)8-13(26)7-11/h2-9,18-19H,31H2,1H3,(H,32,35)(H,33,34). The summed E-state index contributed by atoms with van der Waals surface area (Å²) in [6.07, 6.45) is 0. The van der Waals surface area contributed by atoms with E-state index in [1.54, 1.807) is 31.2 Å². The molecule has 2 amide bonds. The summed E-state index contributed by atoms with van der Waals surface area (Å²) in [6, 6.07) is 12.1. The van der Waals surface area contributed by atoms with Gasteiger partial charge in [0.25, 0.3) is 5.91 Å². The summed E-state index contributed by atoms with van der Waals surface area (Å²) in [5.74, 6) is -3.23. The first-order valence-corrected chi connectivity index (χ1v) is 12.1. The largest absolute Gasteiger partial charge is 0.396 e. The van der Waals surface area contributed by atoms with E-state index >= 15 is 0 Å². The fraction of sp³-hybridized carbons (Fsp3) is 0.167. The second-order valence-corrected chi connectivity index (χ2v) is 10.9. The van der Waals surface area contributed by atoms with Gasteiger partial charge >= 0.3 is 0 Å². The Morgan fingerprint density at radius 3 is 2.29 bits per heavy atom. The Labute approximate surface area is 225 Å². The van der Waals surface area contributed by atoms with Gasteiger partial charge in [0.2, 0.25) is 5.91 Å². The molecule has 4 N–H and O–H groups in total. The molecular formula is C24H17Cl5FN3O2. The molecule has 4 rings (SSSR count). The number of carbonyl (C=O) groups excluding carboxylic acids is 2. The third kappa shape index (κ3) is 5.18. The summed E-state index contributed by atoms with van der Waals surface area (Å²) < 4.78 is 13.0. The van der Waals surface area contributed by atoms with Gasteiger partial charge in [0.05, 0.1) is 27.9 Å². The summed E-state index contributed by atoms with van der Waals surface area (Å²) >= 11 is 31.1. The predicted octanol–water partition coefficient (Wildman–Crippen LogP) is 7.45. The third-order valence-corrected chi connectivity index (χ3v) is 7.41. The van der Waals surface area contributed by atoms with Crippen molar-refractivity contribution in [1.29, 1.82) is 0 Å². The molecule has 3 aromatic carbocycles. The highest BCUT2D eigenvalue weighted by Crippen LogP contribution is 2.65. The fourth-order valence-electron chi connectivity index (χ4n) is 3.80. The van der Waals surface area contributed by atoms with Crippen LogP contribution in [0.15, 0.2) is 48.5 Å². The lowest BCUT2D eigenvalue weighted by Gasteiger charge is -2.12. The molecule has 0 heterocycles. The Balaban J connectivity index is 1.52. The van der Waals surface area contributed by atoms with Crippen LogP contribution in [0.3, 0.4) is 0 Å². The number of nitrogens with one attached hydrogen (secondary N) is 2. The zero-order valence-electron chi connectivity index (χ0n) is 17.9. The van der Waals surface area contributed by atoms with Gasteiger partial charge in [-0.05, 0) is 60.5 Å². The van der Waals surface area contributed by atoms with Gasteiger partial charge in [-0.2, -0.15) is 0 Å². The van der Waals surface area contributed by atoms with Gasteiger partial charge in [0, 0.05) is 21.7 Å². The Morgan fingerprint density at radius 1 is 0.971 bits per heavy atom. The van der Waals surface area contributed by atoms with Crippen LogP contribution >= 0.6 is 58.0 Å². The molecular weight excluding hydrogens is 559 g/mol. The predicted molar refractivity (Wildman–Crippen MR) is 141 cm³/mol. The molecule has 35 heavy (non-hydrogen) atoms. The normalized spacial score (nSPS) is 18.1.